The number of hydrogen-bond acceptors (Lipinski definition) is 5. The standard InChI is InChI=1S/C29H31NO4S/c1-32-28-16-21(10-12-27(28)34-25-17-22-6-2-3-7-23(22)18-25)19-30(20-24-8-4-14-33-24)29(31)13-11-26-9-5-15-35-26/h2-3,5-7,9-13,15-16,24-25H,4,8,14,17-20H2,1H3. The minimum Gasteiger partial charge on any atom is -0.493 e. The molecule has 2 aliphatic rings. The first-order chi connectivity index (χ1) is 17.2. The van der Waals surface area contributed by atoms with E-state index in [1.807, 2.05) is 46.7 Å². The lowest BCUT2D eigenvalue weighted by molar-refractivity contribution is -0.128. The third kappa shape index (κ3) is 5.95. The second kappa shape index (κ2) is 11.1. The van der Waals surface area contributed by atoms with E-state index in [4.69, 9.17) is 14.2 Å². The van der Waals surface area contributed by atoms with Gasteiger partial charge in [0.1, 0.15) is 6.10 Å². The predicted molar refractivity (Wildman–Crippen MR) is 139 cm³/mol. The van der Waals surface area contributed by atoms with Crippen LogP contribution in [0.1, 0.15) is 34.4 Å². The number of nitrogens with zero attached hydrogens (tertiary/aromatic N) is 1. The maximum absolute atomic E-state index is 13.1. The van der Waals surface area contributed by atoms with Crippen LogP contribution in [0.4, 0.5) is 0 Å². The van der Waals surface area contributed by atoms with E-state index in [0.29, 0.717) is 18.8 Å². The Balaban J connectivity index is 1.28. The summed E-state index contributed by atoms with van der Waals surface area (Å²) in [5.74, 6) is 1.41. The van der Waals surface area contributed by atoms with Crippen molar-refractivity contribution in [2.24, 2.45) is 0 Å². The minimum absolute atomic E-state index is 0.0167. The van der Waals surface area contributed by atoms with Gasteiger partial charge < -0.3 is 19.1 Å². The van der Waals surface area contributed by atoms with Crippen LogP contribution in [0.15, 0.2) is 66.1 Å². The van der Waals surface area contributed by atoms with Gasteiger partial charge in [0.2, 0.25) is 5.91 Å². The van der Waals surface area contributed by atoms with E-state index in [2.05, 4.69) is 24.3 Å². The summed E-state index contributed by atoms with van der Waals surface area (Å²) in [5.41, 5.74) is 3.71. The fourth-order valence-corrected chi connectivity index (χ4v) is 5.44. The highest BCUT2D eigenvalue weighted by Crippen LogP contribution is 2.33. The zero-order chi connectivity index (χ0) is 24.0. The zero-order valence-corrected chi connectivity index (χ0v) is 20.8. The van der Waals surface area contributed by atoms with Crippen molar-refractivity contribution in [2.75, 3.05) is 20.3 Å². The number of benzene rings is 2. The maximum Gasteiger partial charge on any atom is 0.246 e. The molecule has 0 spiro atoms. The normalized spacial score (nSPS) is 17.6. The van der Waals surface area contributed by atoms with E-state index in [9.17, 15) is 4.79 Å². The number of fused-ring (bicyclic) bond motifs is 1. The van der Waals surface area contributed by atoms with Crippen LogP contribution in [0.2, 0.25) is 0 Å². The van der Waals surface area contributed by atoms with Crippen molar-refractivity contribution in [3.8, 4) is 11.5 Å². The third-order valence-electron chi connectivity index (χ3n) is 6.60. The van der Waals surface area contributed by atoms with Crippen molar-refractivity contribution in [1.82, 2.24) is 4.90 Å². The molecule has 1 fully saturated rings. The summed E-state index contributed by atoms with van der Waals surface area (Å²) in [5, 5.41) is 2.01. The predicted octanol–water partition coefficient (Wildman–Crippen LogP) is 5.52. The summed E-state index contributed by atoms with van der Waals surface area (Å²) in [6.45, 7) is 1.83. The summed E-state index contributed by atoms with van der Waals surface area (Å²) < 4.78 is 17.8. The Morgan fingerprint density at radius 1 is 1.11 bits per heavy atom. The van der Waals surface area contributed by atoms with E-state index >= 15 is 0 Å². The molecule has 0 radical (unpaired) electrons. The molecule has 1 atom stereocenters. The lowest BCUT2D eigenvalue weighted by Crippen LogP contribution is -2.35. The molecule has 5 nitrogen and oxygen atoms in total. The van der Waals surface area contributed by atoms with E-state index in [1.54, 1.807) is 24.5 Å². The molecule has 35 heavy (non-hydrogen) atoms. The van der Waals surface area contributed by atoms with Crippen LogP contribution < -0.4 is 9.47 Å². The monoisotopic (exact) mass is 489 g/mol. The molecule has 0 N–H and O–H groups in total. The summed E-state index contributed by atoms with van der Waals surface area (Å²) in [6, 6.07) is 18.5. The average molecular weight is 490 g/mol. The molecular weight excluding hydrogens is 458 g/mol. The number of thiophene rings is 1. The van der Waals surface area contributed by atoms with Crippen LogP contribution in [-0.4, -0.2) is 43.3 Å². The molecule has 2 aromatic carbocycles. The molecule has 2 heterocycles. The highest BCUT2D eigenvalue weighted by Gasteiger charge is 2.25. The quantitative estimate of drug-likeness (QED) is 0.371. The van der Waals surface area contributed by atoms with Crippen molar-refractivity contribution >= 4 is 23.3 Å². The topological polar surface area (TPSA) is 48.0 Å². The molecule has 1 aromatic heterocycles. The summed E-state index contributed by atoms with van der Waals surface area (Å²) in [6.07, 6.45) is 7.57. The van der Waals surface area contributed by atoms with E-state index in [-0.39, 0.29) is 18.1 Å². The third-order valence-corrected chi connectivity index (χ3v) is 7.44. The fourth-order valence-electron chi connectivity index (χ4n) is 4.82. The van der Waals surface area contributed by atoms with Crippen LogP contribution >= 0.6 is 11.3 Å². The molecule has 0 saturated carbocycles. The minimum atomic E-state index is -0.0167. The summed E-state index contributed by atoms with van der Waals surface area (Å²) in [4.78, 5) is 16.0. The Labute approximate surface area is 210 Å². The Hall–Kier alpha value is -3.09. The van der Waals surface area contributed by atoms with Gasteiger partial charge in [0.15, 0.2) is 11.5 Å². The van der Waals surface area contributed by atoms with Gasteiger partial charge in [0.05, 0.1) is 13.2 Å². The number of carbonyl (C=O) groups is 1. The van der Waals surface area contributed by atoms with Gasteiger partial charge >= 0.3 is 0 Å². The molecule has 1 unspecified atom stereocenters. The van der Waals surface area contributed by atoms with Crippen LogP contribution in [0, 0.1) is 0 Å². The van der Waals surface area contributed by atoms with Gasteiger partial charge in [-0.15, -0.1) is 11.3 Å². The lowest BCUT2D eigenvalue weighted by atomic mass is 10.1. The zero-order valence-electron chi connectivity index (χ0n) is 20.0. The van der Waals surface area contributed by atoms with Crippen molar-refractivity contribution < 1.29 is 19.0 Å². The summed E-state index contributed by atoms with van der Waals surface area (Å²) in [7, 11) is 1.66. The maximum atomic E-state index is 13.1. The fraction of sp³-hybridized carbons (Fsp3) is 0.345. The molecule has 1 saturated heterocycles. The van der Waals surface area contributed by atoms with Crippen molar-refractivity contribution in [1.29, 1.82) is 0 Å². The molecule has 5 rings (SSSR count). The van der Waals surface area contributed by atoms with Gasteiger partial charge in [-0.1, -0.05) is 36.4 Å². The number of hydrogen-bond donors (Lipinski definition) is 0. The van der Waals surface area contributed by atoms with Gasteiger partial charge in [-0.05, 0) is 59.2 Å². The number of carbonyl (C=O) groups excluding carboxylic acids is 1. The molecule has 1 amide bonds. The van der Waals surface area contributed by atoms with Crippen LogP contribution in [0.5, 0.6) is 11.5 Å². The highest BCUT2D eigenvalue weighted by atomic mass is 32.1. The Morgan fingerprint density at radius 3 is 2.63 bits per heavy atom. The molecule has 1 aliphatic heterocycles. The van der Waals surface area contributed by atoms with Gasteiger partial charge in [0.25, 0.3) is 0 Å². The smallest absolute Gasteiger partial charge is 0.246 e. The summed E-state index contributed by atoms with van der Waals surface area (Å²) >= 11 is 1.62. The highest BCUT2D eigenvalue weighted by molar-refractivity contribution is 7.10. The molecular formula is C29H31NO4S. The van der Waals surface area contributed by atoms with Gasteiger partial charge in [-0.2, -0.15) is 0 Å². The molecule has 182 valence electrons. The molecule has 6 heteroatoms. The van der Waals surface area contributed by atoms with Gasteiger partial charge in [-0.25, -0.2) is 0 Å². The lowest BCUT2D eigenvalue weighted by Gasteiger charge is -2.25. The first-order valence-electron chi connectivity index (χ1n) is 12.2. The largest absolute Gasteiger partial charge is 0.493 e. The van der Waals surface area contributed by atoms with E-state index < -0.39 is 0 Å². The Bertz CT molecular complexity index is 1140. The van der Waals surface area contributed by atoms with E-state index in [1.165, 1.54) is 11.1 Å². The number of rotatable bonds is 9. The van der Waals surface area contributed by atoms with Crippen LogP contribution in [-0.2, 0) is 28.9 Å². The SMILES string of the molecule is COc1cc(CN(CC2CCCO2)C(=O)C=Cc2cccs2)ccc1OC1Cc2ccccc2C1. The Morgan fingerprint density at radius 2 is 1.94 bits per heavy atom. The number of ether oxygens (including phenoxy) is 3. The first-order valence-corrected chi connectivity index (χ1v) is 13.1. The second-order valence-electron chi connectivity index (χ2n) is 9.10. The van der Waals surface area contributed by atoms with E-state index in [0.717, 1.165) is 48.5 Å². The molecule has 3 aromatic rings. The molecule has 0 bridgehead atoms. The van der Waals surface area contributed by atoms with Crippen LogP contribution in [0.3, 0.4) is 0 Å². The Kier molecular flexibility index (Phi) is 7.50. The first kappa shape index (κ1) is 23.6. The second-order valence-corrected chi connectivity index (χ2v) is 10.1. The van der Waals surface area contributed by atoms with Gasteiger partial charge in [0, 0.05) is 43.5 Å². The number of amides is 1. The average Bonchev–Trinajstić information content (AvgIpc) is 3.65. The van der Waals surface area contributed by atoms with Crippen molar-refractivity contribution in [3.05, 3.63) is 87.6 Å². The number of methoxy groups -OCH3 is 1. The van der Waals surface area contributed by atoms with Crippen LogP contribution in [0.25, 0.3) is 6.08 Å². The van der Waals surface area contributed by atoms with Crippen molar-refractivity contribution in [3.63, 3.8) is 0 Å². The molecule has 1 aliphatic carbocycles. The van der Waals surface area contributed by atoms with Gasteiger partial charge in [-0.3, -0.25) is 4.79 Å². The van der Waals surface area contributed by atoms with Crippen molar-refractivity contribution in [2.45, 2.75) is 44.4 Å².